The van der Waals surface area contributed by atoms with Crippen molar-refractivity contribution in [2.24, 2.45) is 5.84 Å². The van der Waals surface area contributed by atoms with Crippen molar-refractivity contribution in [3.63, 3.8) is 0 Å². The Kier molecular flexibility index (Phi) is 2.39. The summed E-state index contributed by atoms with van der Waals surface area (Å²) in [4.78, 5) is 11.2. The lowest BCUT2D eigenvalue weighted by Gasteiger charge is -2.11. The van der Waals surface area contributed by atoms with Crippen LogP contribution in [0.3, 0.4) is 0 Å². The van der Waals surface area contributed by atoms with Crippen LogP contribution < -0.4 is 5.84 Å². The van der Waals surface area contributed by atoms with E-state index in [1.807, 2.05) is 0 Å². The van der Waals surface area contributed by atoms with Crippen LogP contribution in [-0.2, 0) is 0 Å². The van der Waals surface area contributed by atoms with Crippen molar-refractivity contribution in [2.45, 2.75) is 0 Å². The lowest BCUT2D eigenvalue weighted by Crippen LogP contribution is -2.33. The second-order valence-electron chi connectivity index (χ2n) is 2.59. The minimum absolute atomic E-state index is 0.0231. The monoisotopic (exact) mass is 182 g/mol. The smallest absolute Gasteiger partial charge is 0.271 e. The fourth-order valence-corrected chi connectivity index (χ4v) is 0.894. The van der Waals surface area contributed by atoms with E-state index in [1.165, 1.54) is 25.2 Å². The molecule has 4 N–H and O–H groups in total. The highest BCUT2D eigenvalue weighted by Crippen LogP contribution is 2.28. The van der Waals surface area contributed by atoms with E-state index in [9.17, 15) is 9.90 Å². The van der Waals surface area contributed by atoms with Crippen LogP contribution in [0.2, 0.25) is 0 Å². The van der Waals surface area contributed by atoms with Crippen molar-refractivity contribution in [3.05, 3.63) is 23.8 Å². The van der Waals surface area contributed by atoms with Crippen LogP contribution in [0.25, 0.3) is 0 Å². The number of aromatic hydroxyl groups is 2. The molecule has 0 radical (unpaired) electrons. The summed E-state index contributed by atoms with van der Waals surface area (Å²) in [6.45, 7) is 0. The summed E-state index contributed by atoms with van der Waals surface area (Å²) in [5, 5.41) is 19.2. The molecule has 1 amide bonds. The van der Waals surface area contributed by atoms with Crippen molar-refractivity contribution >= 4 is 5.91 Å². The van der Waals surface area contributed by atoms with Crippen LogP contribution in [0.1, 0.15) is 10.4 Å². The van der Waals surface area contributed by atoms with Gasteiger partial charge in [-0.3, -0.25) is 9.80 Å². The molecular formula is C8H10N2O3. The molecular weight excluding hydrogens is 172 g/mol. The first-order valence-electron chi connectivity index (χ1n) is 3.57. The summed E-state index contributed by atoms with van der Waals surface area (Å²) in [7, 11) is 1.35. The summed E-state index contributed by atoms with van der Waals surface area (Å²) in [6.07, 6.45) is 0. The third-order valence-corrected chi connectivity index (χ3v) is 1.57. The number of hydrogen-bond acceptors (Lipinski definition) is 4. The molecule has 1 aromatic rings. The minimum Gasteiger partial charge on any atom is -0.504 e. The van der Waals surface area contributed by atoms with E-state index in [0.717, 1.165) is 5.01 Å². The van der Waals surface area contributed by atoms with E-state index in [2.05, 4.69) is 0 Å². The predicted molar refractivity (Wildman–Crippen MR) is 46.1 cm³/mol. The zero-order valence-corrected chi connectivity index (χ0v) is 7.06. The largest absolute Gasteiger partial charge is 0.504 e. The van der Waals surface area contributed by atoms with Gasteiger partial charge in [-0.25, -0.2) is 5.84 Å². The lowest BCUT2D eigenvalue weighted by atomic mass is 10.1. The Labute approximate surface area is 75.0 Å². The first-order chi connectivity index (χ1) is 6.04. The Morgan fingerprint density at radius 2 is 2.08 bits per heavy atom. The number of hydrazine groups is 1. The van der Waals surface area contributed by atoms with Crippen LogP contribution in [0, 0.1) is 0 Å². The summed E-state index contributed by atoms with van der Waals surface area (Å²) in [5.74, 6) is 3.82. The molecule has 70 valence electrons. The lowest BCUT2D eigenvalue weighted by molar-refractivity contribution is 0.0791. The van der Waals surface area contributed by atoms with Gasteiger partial charge in [-0.1, -0.05) is 6.07 Å². The molecule has 0 aliphatic carbocycles. The SMILES string of the molecule is CN(N)C(=O)c1cccc(O)c1O. The summed E-state index contributed by atoms with van der Waals surface area (Å²) >= 11 is 0. The molecule has 0 bridgehead atoms. The van der Waals surface area contributed by atoms with Gasteiger partial charge in [0.25, 0.3) is 5.91 Å². The van der Waals surface area contributed by atoms with Crippen molar-refractivity contribution in [1.82, 2.24) is 5.01 Å². The number of nitrogens with two attached hydrogens (primary N) is 1. The van der Waals surface area contributed by atoms with Crippen LogP contribution >= 0.6 is 0 Å². The Balaban J connectivity index is 3.15. The predicted octanol–water partition coefficient (Wildman–Crippen LogP) is 0.0435. The summed E-state index contributed by atoms with van der Waals surface area (Å²) in [5.41, 5.74) is -0.0231. The quantitative estimate of drug-likeness (QED) is 0.248. The fraction of sp³-hybridized carbons (Fsp3) is 0.125. The third kappa shape index (κ3) is 1.70. The maximum Gasteiger partial charge on any atom is 0.271 e. The second kappa shape index (κ2) is 3.32. The van der Waals surface area contributed by atoms with E-state index >= 15 is 0 Å². The number of benzene rings is 1. The molecule has 0 fully saturated rings. The van der Waals surface area contributed by atoms with Gasteiger partial charge >= 0.3 is 0 Å². The van der Waals surface area contributed by atoms with Crippen molar-refractivity contribution in [2.75, 3.05) is 7.05 Å². The minimum atomic E-state index is -0.562. The van der Waals surface area contributed by atoms with Crippen LogP contribution in [-0.4, -0.2) is 28.2 Å². The van der Waals surface area contributed by atoms with Gasteiger partial charge in [0, 0.05) is 7.05 Å². The first kappa shape index (κ1) is 9.34. The molecule has 0 unspecified atom stereocenters. The zero-order valence-electron chi connectivity index (χ0n) is 7.06. The first-order valence-corrected chi connectivity index (χ1v) is 3.57. The van der Waals surface area contributed by atoms with E-state index in [4.69, 9.17) is 10.9 Å². The van der Waals surface area contributed by atoms with Crippen LogP contribution in [0.15, 0.2) is 18.2 Å². The normalized spacial score (nSPS) is 9.69. The molecule has 0 atom stereocenters. The van der Waals surface area contributed by atoms with Gasteiger partial charge in [0.1, 0.15) is 0 Å². The van der Waals surface area contributed by atoms with Gasteiger partial charge < -0.3 is 10.2 Å². The molecule has 0 saturated heterocycles. The summed E-state index contributed by atoms with van der Waals surface area (Å²) in [6, 6.07) is 4.11. The fourth-order valence-electron chi connectivity index (χ4n) is 0.894. The van der Waals surface area contributed by atoms with E-state index in [1.54, 1.807) is 0 Å². The van der Waals surface area contributed by atoms with E-state index < -0.39 is 11.7 Å². The third-order valence-electron chi connectivity index (χ3n) is 1.57. The molecule has 5 heteroatoms. The highest BCUT2D eigenvalue weighted by molar-refractivity contribution is 5.97. The maximum atomic E-state index is 11.2. The van der Waals surface area contributed by atoms with E-state index in [0.29, 0.717) is 0 Å². The van der Waals surface area contributed by atoms with Crippen molar-refractivity contribution in [3.8, 4) is 11.5 Å². The van der Waals surface area contributed by atoms with Gasteiger partial charge in [0.15, 0.2) is 11.5 Å². The molecule has 13 heavy (non-hydrogen) atoms. The summed E-state index contributed by atoms with van der Waals surface area (Å²) < 4.78 is 0. The van der Waals surface area contributed by atoms with Crippen LogP contribution in [0.4, 0.5) is 0 Å². The number of hydrogen-bond donors (Lipinski definition) is 3. The molecule has 0 heterocycles. The Bertz CT molecular complexity index is 336. The Morgan fingerprint density at radius 3 is 2.62 bits per heavy atom. The molecule has 0 aliphatic heterocycles. The maximum absolute atomic E-state index is 11.2. The highest BCUT2D eigenvalue weighted by Gasteiger charge is 2.15. The number of nitrogens with zero attached hydrogens (tertiary/aromatic N) is 1. The van der Waals surface area contributed by atoms with Gasteiger partial charge in [-0.15, -0.1) is 0 Å². The number of amides is 1. The molecule has 0 spiro atoms. The van der Waals surface area contributed by atoms with Gasteiger partial charge in [-0.05, 0) is 12.1 Å². The number of phenols is 2. The topological polar surface area (TPSA) is 86.8 Å². The van der Waals surface area contributed by atoms with Gasteiger partial charge in [0.05, 0.1) is 5.56 Å². The molecule has 0 saturated carbocycles. The number of rotatable bonds is 1. The number of para-hydroxylation sites is 1. The average Bonchev–Trinajstić information content (AvgIpc) is 2.08. The van der Waals surface area contributed by atoms with Crippen molar-refractivity contribution < 1.29 is 15.0 Å². The zero-order chi connectivity index (χ0) is 10.0. The van der Waals surface area contributed by atoms with Gasteiger partial charge in [0.2, 0.25) is 0 Å². The molecule has 1 aromatic carbocycles. The Morgan fingerprint density at radius 1 is 1.46 bits per heavy atom. The van der Waals surface area contributed by atoms with E-state index in [-0.39, 0.29) is 11.3 Å². The highest BCUT2D eigenvalue weighted by atomic mass is 16.3. The Hall–Kier alpha value is -1.75. The number of carbonyl (C=O) groups is 1. The number of phenolic OH excluding ortho intramolecular Hbond substituents is 2. The second-order valence-corrected chi connectivity index (χ2v) is 2.59. The molecule has 1 rings (SSSR count). The van der Waals surface area contributed by atoms with Crippen molar-refractivity contribution in [1.29, 1.82) is 0 Å². The van der Waals surface area contributed by atoms with Gasteiger partial charge in [-0.2, -0.15) is 0 Å². The number of carbonyl (C=O) groups excluding carboxylic acids is 1. The molecule has 0 aromatic heterocycles. The van der Waals surface area contributed by atoms with Crippen LogP contribution in [0.5, 0.6) is 11.5 Å². The molecule has 0 aliphatic rings. The average molecular weight is 182 g/mol. The standard InChI is InChI=1S/C8H10N2O3/c1-10(9)8(13)5-3-2-4-6(11)7(5)12/h2-4,11-12H,9H2,1H3. The molecule has 5 nitrogen and oxygen atoms in total.